The molecule has 1 saturated heterocycles. The third-order valence-electron chi connectivity index (χ3n) is 5.86. The number of nitrogens with one attached hydrogen (secondary N) is 1. The number of ether oxygens (including phenoxy) is 3. The van der Waals surface area contributed by atoms with Gasteiger partial charge in [-0.25, -0.2) is 0 Å². The Bertz CT molecular complexity index is 1070. The summed E-state index contributed by atoms with van der Waals surface area (Å²) in [6.45, 7) is 5.23. The molecule has 1 N–H and O–H groups in total. The van der Waals surface area contributed by atoms with E-state index in [1.807, 2.05) is 30.5 Å². The van der Waals surface area contributed by atoms with E-state index in [1.165, 1.54) is 5.56 Å². The van der Waals surface area contributed by atoms with Crippen LogP contribution >= 0.6 is 0 Å². The van der Waals surface area contributed by atoms with E-state index < -0.39 is 0 Å². The SMILES string of the molecule is COc1ccc2[nH]cc(C(=O)CN3CCN(Cc4ccc5c(c4)OCO5)CC3)c2c1. The van der Waals surface area contributed by atoms with Gasteiger partial charge in [-0.15, -0.1) is 0 Å². The average Bonchev–Trinajstić information content (AvgIpc) is 3.41. The molecule has 0 atom stereocenters. The molecule has 1 aromatic heterocycles. The lowest BCUT2D eigenvalue weighted by Crippen LogP contribution is -2.47. The lowest BCUT2D eigenvalue weighted by atomic mass is 10.1. The van der Waals surface area contributed by atoms with Crippen LogP contribution in [0.4, 0.5) is 0 Å². The first-order chi connectivity index (χ1) is 14.7. The topological polar surface area (TPSA) is 67.0 Å². The van der Waals surface area contributed by atoms with Crippen LogP contribution in [0.2, 0.25) is 0 Å². The number of hydrogen-bond donors (Lipinski definition) is 1. The highest BCUT2D eigenvalue weighted by molar-refractivity contribution is 6.09. The summed E-state index contributed by atoms with van der Waals surface area (Å²) in [4.78, 5) is 20.8. The van der Waals surface area contributed by atoms with Crippen LogP contribution < -0.4 is 14.2 Å². The van der Waals surface area contributed by atoms with Crippen molar-refractivity contribution in [2.75, 3.05) is 46.6 Å². The molecule has 0 aliphatic carbocycles. The van der Waals surface area contributed by atoms with E-state index in [4.69, 9.17) is 14.2 Å². The minimum Gasteiger partial charge on any atom is -0.497 e. The third-order valence-corrected chi connectivity index (χ3v) is 5.86. The molecule has 0 amide bonds. The highest BCUT2D eigenvalue weighted by atomic mass is 16.7. The molecule has 7 nitrogen and oxygen atoms in total. The van der Waals surface area contributed by atoms with Crippen molar-refractivity contribution in [2.24, 2.45) is 0 Å². The van der Waals surface area contributed by atoms with Gasteiger partial charge in [-0.2, -0.15) is 0 Å². The molecule has 3 heterocycles. The normalized spacial score (nSPS) is 16.8. The van der Waals surface area contributed by atoms with Crippen LogP contribution in [0.1, 0.15) is 15.9 Å². The standard InChI is InChI=1S/C23H25N3O4/c1-28-17-3-4-20-18(11-17)19(12-24-20)21(27)14-26-8-6-25(7-9-26)13-16-2-5-22-23(10-16)30-15-29-22/h2-5,10-12,24H,6-9,13-15H2,1H3. The van der Waals surface area contributed by atoms with Gasteiger partial charge in [0.1, 0.15) is 5.75 Å². The van der Waals surface area contributed by atoms with Gasteiger partial charge >= 0.3 is 0 Å². The molecular formula is C23H25N3O4. The number of fused-ring (bicyclic) bond motifs is 2. The van der Waals surface area contributed by atoms with Gasteiger partial charge in [0, 0.05) is 55.4 Å². The molecule has 5 rings (SSSR count). The van der Waals surface area contributed by atoms with Gasteiger partial charge in [0.2, 0.25) is 6.79 Å². The molecule has 7 heteroatoms. The number of rotatable bonds is 6. The number of aromatic amines is 1. The van der Waals surface area contributed by atoms with Crippen LogP contribution in [0.3, 0.4) is 0 Å². The van der Waals surface area contributed by atoms with Crippen LogP contribution in [0.25, 0.3) is 10.9 Å². The van der Waals surface area contributed by atoms with E-state index in [1.54, 1.807) is 7.11 Å². The Kier molecular flexibility index (Phi) is 5.06. The molecule has 2 aliphatic rings. The third kappa shape index (κ3) is 3.74. The summed E-state index contributed by atoms with van der Waals surface area (Å²) in [5, 5.41) is 0.917. The predicted molar refractivity (Wildman–Crippen MR) is 113 cm³/mol. The number of benzene rings is 2. The number of nitrogens with zero attached hydrogens (tertiary/aromatic N) is 2. The number of carbonyl (C=O) groups is 1. The average molecular weight is 407 g/mol. The number of carbonyl (C=O) groups excluding carboxylic acids is 1. The van der Waals surface area contributed by atoms with E-state index in [0.29, 0.717) is 13.3 Å². The monoisotopic (exact) mass is 407 g/mol. The van der Waals surface area contributed by atoms with E-state index in [9.17, 15) is 4.79 Å². The van der Waals surface area contributed by atoms with Crippen molar-refractivity contribution in [3.05, 3.63) is 53.7 Å². The number of hydrogen-bond acceptors (Lipinski definition) is 6. The first-order valence-corrected chi connectivity index (χ1v) is 10.2. The molecule has 0 bridgehead atoms. The van der Waals surface area contributed by atoms with Gasteiger partial charge in [-0.3, -0.25) is 14.6 Å². The molecule has 30 heavy (non-hydrogen) atoms. The van der Waals surface area contributed by atoms with Gasteiger partial charge in [0.15, 0.2) is 17.3 Å². The lowest BCUT2D eigenvalue weighted by molar-refractivity contribution is 0.0845. The highest BCUT2D eigenvalue weighted by Crippen LogP contribution is 2.33. The fourth-order valence-electron chi connectivity index (χ4n) is 4.15. The minimum atomic E-state index is 0.138. The molecule has 0 saturated carbocycles. The van der Waals surface area contributed by atoms with Gasteiger partial charge in [-0.05, 0) is 35.9 Å². The van der Waals surface area contributed by atoms with Crippen molar-refractivity contribution in [3.63, 3.8) is 0 Å². The molecule has 0 spiro atoms. The minimum absolute atomic E-state index is 0.138. The van der Waals surface area contributed by atoms with Crippen LogP contribution in [-0.2, 0) is 6.54 Å². The molecule has 3 aromatic rings. The molecule has 0 radical (unpaired) electrons. The molecular weight excluding hydrogens is 382 g/mol. The first kappa shape index (κ1) is 19.0. The van der Waals surface area contributed by atoms with E-state index in [2.05, 4.69) is 26.9 Å². The van der Waals surface area contributed by atoms with Crippen LogP contribution in [0.5, 0.6) is 17.2 Å². The fraction of sp³-hybridized carbons (Fsp3) is 0.348. The number of aromatic nitrogens is 1. The van der Waals surface area contributed by atoms with Crippen molar-refractivity contribution >= 4 is 16.7 Å². The van der Waals surface area contributed by atoms with Gasteiger partial charge < -0.3 is 19.2 Å². The summed E-state index contributed by atoms with van der Waals surface area (Å²) in [6.07, 6.45) is 1.81. The summed E-state index contributed by atoms with van der Waals surface area (Å²) in [5.41, 5.74) is 2.90. The molecule has 1 fully saturated rings. The van der Waals surface area contributed by atoms with Crippen molar-refractivity contribution in [3.8, 4) is 17.2 Å². The molecule has 2 aliphatic heterocycles. The Hall–Kier alpha value is -3.03. The molecule has 156 valence electrons. The van der Waals surface area contributed by atoms with Crippen molar-refractivity contribution < 1.29 is 19.0 Å². The van der Waals surface area contributed by atoms with E-state index in [-0.39, 0.29) is 5.78 Å². The maximum Gasteiger partial charge on any atom is 0.231 e. The highest BCUT2D eigenvalue weighted by Gasteiger charge is 2.22. The summed E-state index contributed by atoms with van der Waals surface area (Å²) in [6, 6.07) is 11.9. The number of methoxy groups -OCH3 is 1. The second kappa shape index (κ2) is 8.01. The number of H-pyrrole nitrogens is 1. The Balaban J connectivity index is 1.18. The van der Waals surface area contributed by atoms with Gasteiger partial charge in [-0.1, -0.05) is 6.07 Å². The molecule has 0 unspecified atom stereocenters. The Morgan fingerprint density at radius 2 is 1.83 bits per heavy atom. The van der Waals surface area contributed by atoms with Crippen LogP contribution in [0.15, 0.2) is 42.6 Å². The van der Waals surface area contributed by atoms with Crippen LogP contribution in [-0.4, -0.2) is 67.2 Å². The zero-order valence-electron chi connectivity index (χ0n) is 17.0. The fourth-order valence-corrected chi connectivity index (χ4v) is 4.15. The predicted octanol–water partition coefficient (Wildman–Crippen LogP) is 2.91. The Morgan fingerprint density at radius 3 is 2.67 bits per heavy atom. The zero-order valence-corrected chi connectivity index (χ0v) is 17.0. The van der Waals surface area contributed by atoms with Gasteiger partial charge in [0.05, 0.1) is 13.7 Å². The second-order valence-corrected chi connectivity index (χ2v) is 7.78. The maximum absolute atomic E-state index is 12.9. The van der Waals surface area contributed by atoms with E-state index >= 15 is 0 Å². The number of piperazine rings is 1. The summed E-state index contributed by atoms with van der Waals surface area (Å²) < 4.78 is 16.2. The second-order valence-electron chi connectivity index (χ2n) is 7.78. The quantitative estimate of drug-likeness (QED) is 0.634. The lowest BCUT2D eigenvalue weighted by Gasteiger charge is -2.34. The Morgan fingerprint density at radius 1 is 1.03 bits per heavy atom. The van der Waals surface area contributed by atoms with Crippen molar-refractivity contribution in [1.82, 2.24) is 14.8 Å². The van der Waals surface area contributed by atoms with Crippen molar-refractivity contribution in [2.45, 2.75) is 6.54 Å². The summed E-state index contributed by atoms with van der Waals surface area (Å²) in [5.74, 6) is 2.54. The Labute approximate surface area is 175 Å². The smallest absolute Gasteiger partial charge is 0.231 e. The van der Waals surface area contributed by atoms with Gasteiger partial charge in [0.25, 0.3) is 0 Å². The summed E-state index contributed by atoms with van der Waals surface area (Å²) in [7, 11) is 1.64. The zero-order chi connectivity index (χ0) is 20.5. The van der Waals surface area contributed by atoms with Crippen molar-refractivity contribution in [1.29, 1.82) is 0 Å². The number of Topliss-reactive ketones (excluding diaryl/α,β-unsaturated/α-hetero) is 1. The first-order valence-electron chi connectivity index (χ1n) is 10.2. The largest absolute Gasteiger partial charge is 0.497 e. The number of ketones is 1. The molecule has 2 aromatic carbocycles. The maximum atomic E-state index is 12.9. The van der Waals surface area contributed by atoms with E-state index in [0.717, 1.165) is 66.4 Å². The summed E-state index contributed by atoms with van der Waals surface area (Å²) >= 11 is 0. The van der Waals surface area contributed by atoms with Crippen LogP contribution in [0, 0.1) is 0 Å².